The summed E-state index contributed by atoms with van der Waals surface area (Å²) in [4.78, 5) is 10.2. The minimum absolute atomic E-state index is 0.426. The summed E-state index contributed by atoms with van der Waals surface area (Å²) in [6, 6.07) is 0. The molecule has 0 aliphatic heterocycles. The van der Waals surface area contributed by atoms with Gasteiger partial charge >= 0.3 is 6.09 Å². The van der Waals surface area contributed by atoms with Gasteiger partial charge in [-0.1, -0.05) is 13.3 Å². The lowest BCUT2D eigenvalue weighted by Crippen LogP contribution is -1.98. The summed E-state index contributed by atoms with van der Waals surface area (Å²) in [5, 5.41) is 0. The molecule has 0 aliphatic rings. The van der Waals surface area contributed by atoms with Crippen LogP contribution in [0.25, 0.3) is 0 Å². The van der Waals surface area contributed by atoms with Crippen LogP contribution >= 0.6 is 0 Å². The number of amides is 1. The first-order chi connectivity index (χ1) is 4.31. The third kappa shape index (κ3) is 5.36. The lowest BCUT2D eigenvalue weighted by molar-refractivity contribution is 0.156. The Bertz CT molecular complexity index is 105. The topological polar surface area (TPSA) is 38.7 Å². The van der Waals surface area contributed by atoms with E-state index in [1.54, 1.807) is 0 Å². The van der Waals surface area contributed by atoms with E-state index in [9.17, 15) is 4.79 Å². The van der Waals surface area contributed by atoms with E-state index in [2.05, 4.69) is 21.5 Å². The Morgan fingerprint density at radius 2 is 2.44 bits per heavy atom. The zero-order valence-corrected chi connectivity index (χ0v) is 6.11. The van der Waals surface area contributed by atoms with Crippen molar-refractivity contribution in [3.63, 3.8) is 0 Å². The molecule has 0 aromatic rings. The van der Waals surface area contributed by atoms with Crippen LogP contribution in [0.3, 0.4) is 0 Å². The molecule has 1 amide bonds. The number of unbranched alkanes of at least 4 members (excludes halogenated alkanes) is 1. The summed E-state index contributed by atoms with van der Waals surface area (Å²) >= 11 is 4.07. The molecule has 0 fully saturated rings. The first-order valence-electron chi connectivity index (χ1n) is 2.81. The molecule has 4 heteroatoms. The quantitative estimate of drug-likeness (QED) is 0.570. The SMILES string of the molecule is CCCCOC(=O)N=S. The zero-order valence-electron chi connectivity index (χ0n) is 5.29. The van der Waals surface area contributed by atoms with E-state index in [-0.39, 0.29) is 0 Å². The Morgan fingerprint density at radius 1 is 1.78 bits per heavy atom. The lowest BCUT2D eigenvalue weighted by Gasteiger charge is -1.95. The van der Waals surface area contributed by atoms with E-state index in [1.165, 1.54) is 0 Å². The van der Waals surface area contributed by atoms with Gasteiger partial charge in [-0.15, -0.1) is 4.36 Å². The zero-order chi connectivity index (χ0) is 7.11. The second-order valence-corrected chi connectivity index (χ2v) is 1.74. The molecule has 3 nitrogen and oxygen atoms in total. The highest BCUT2D eigenvalue weighted by molar-refractivity contribution is 7.47. The van der Waals surface area contributed by atoms with E-state index in [4.69, 9.17) is 0 Å². The van der Waals surface area contributed by atoms with Gasteiger partial charge in [0.1, 0.15) is 0 Å². The molecule has 0 bridgehead atoms. The normalized spacial score (nSPS) is 8.56. The highest BCUT2D eigenvalue weighted by atomic mass is 32.1. The van der Waals surface area contributed by atoms with Crippen molar-refractivity contribution in [1.82, 2.24) is 0 Å². The van der Waals surface area contributed by atoms with Crippen LogP contribution in [0, 0.1) is 0 Å². The number of hydrogen-bond donors (Lipinski definition) is 0. The van der Waals surface area contributed by atoms with Gasteiger partial charge in [0.25, 0.3) is 0 Å². The molecule has 0 aliphatic carbocycles. The van der Waals surface area contributed by atoms with Gasteiger partial charge in [0, 0.05) is 12.4 Å². The number of carbonyl (C=O) groups excluding carboxylic acids is 1. The van der Waals surface area contributed by atoms with Crippen molar-refractivity contribution in [3.8, 4) is 0 Å². The van der Waals surface area contributed by atoms with Crippen LogP contribution in [-0.2, 0) is 17.2 Å². The number of nitrogens with zero attached hydrogens (tertiary/aromatic N) is 1. The maximum absolute atomic E-state index is 10.2. The van der Waals surface area contributed by atoms with Gasteiger partial charge in [0.05, 0.1) is 6.61 Å². The third-order valence-corrected chi connectivity index (χ3v) is 0.947. The second kappa shape index (κ2) is 5.62. The number of ether oxygens (including phenoxy) is 1. The fraction of sp³-hybridized carbons (Fsp3) is 0.800. The van der Waals surface area contributed by atoms with Crippen molar-refractivity contribution in [1.29, 1.82) is 0 Å². The first-order valence-corrected chi connectivity index (χ1v) is 3.18. The summed E-state index contributed by atoms with van der Waals surface area (Å²) in [5.74, 6) is 0. The Labute approximate surface area is 59.6 Å². The Hall–Kier alpha value is -0.510. The van der Waals surface area contributed by atoms with Crippen LogP contribution in [0.5, 0.6) is 0 Å². The summed E-state index contributed by atoms with van der Waals surface area (Å²) in [6.07, 6.45) is 1.22. The average Bonchev–Trinajstić information content (AvgIpc) is 1.89. The number of hydrogen-bond acceptors (Lipinski definition) is 3. The van der Waals surface area contributed by atoms with Crippen molar-refractivity contribution in [2.45, 2.75) is 19.8 Å². The standard InChI is InChI=1S/C5H9NO2S/c1-2-3-4-8-5(7)6-9/h2-4H2,1H3. The largest absolute Gasteiger partial charge is 0.447 e. The van der Waals surface area contributed by atoms with Gasteiger partial charge in [-0.25, -0.2) is 4.79 Å². The van der Waals surface area contributed by atoms with Crippen LogP contribution in [0.15, 0.2) is 4.36 Å². The van der Waals surface area contributed by atoms with E-state index >= 15 is 0 Å². The van der Waals surface area contributed by atoms with Crippen LogP contribution in [-0.4, -0.2) is 12.7 Å². The average molecular weight is 147 g/mol. The molecule has 9 heavy (non-hydrogen) atoms. The fourth-order valence-corrected chi connectivity index (χ4v) is 0.383. The summed E-state index contributed by atoms with van der Waals surface area (Å²) in [7, 11) is 0. The lowest BCUT2D eigenvalue weighted by atomic mass is 10.4. The smallest absolute Gasteiger partial charge is 0.445 e. The van der Waals surface area contributed by atoms with Crippen LogP contribution in [0.1, 0.15) is 19.8 Å². The molecule has 0 rings (SSSR count). The first kappa shape index (κ1) is 8.49. The highest BCUT2D eigenvalue weighted by Crippen LogP contribution is 1.89. The summed E-state index contributed by atoms with van der Waals surface area (Å²) in [5.41, 5.74) is 0. The van der Waals surface area contributed by atoms with Crippen molar-refractivity contribution in [3.05, 3.63) is 0 Å². The highest BCUT2D eigenvalue weighted by Gasteiger charge is 1.94. The van der Waals surface area contributed by atoms with Crippen molar-refractivity contribution < 1.29 is 9.53 Å². The number of carbonyl (C=O) groups is 1. The molecule has 0 heterocycles. The predicted octanol–water partition coefficient (Wildman–Crippen LogP) is 1.65. The monoisotopic (exact) mass is 147 g/mol. The summed E-state index contributed by atoms with van der Waals surface area (Å²) in [6.45, 7) is 2.44. The Morgan fingerprint density at radius 3 is 2.89 bits per heavy atom. The molecule has 0 unspecified atom stereocenters. The number of rotatable bonds is 3. The Kier molecular flexibility index (Phi) is 5.30. The minimum atomic E-state index is -0.654. The van der Waals surface area contributed by atoms with Crippen LogP contribution in [0.2, 0.25) is 0 Å². The van der Waals surface area contributed by atoms with Crippen molar-refractivity contribution in [2.75, 3.05) is 6.61 Å². The van der Waals surface area contributed by atoms with Gasteiger partial charge in [-0.05, 0) is 6.42 Å². The minimum Gasteiger partial charge on any atom is -0.447 e. The molecule has 0 spiro atoms. The third-order valence-electron chi connectivity index (χ3n) is 0.798. The molecule has 52 valence electrons. The van der Waals surface area contributed by atoms with Gasteiger partial charge in [-0.2, -0.15) is 0 Å². The molecule has 0 aromatic carbocycles. The fourth-order valence-electron chi connectivity index (χ4n) is 0.330. The summed E-state index contributed by atoms with van der Waals surface area (Å²) < 4.78 is 7.40. The molecule has 0 saturated carbocycles. The molecule has 0 N–H and O–H groups in total. The molecule has 0 saturated heterocycles. The van der Waals surface area contributed by atoms with E-state index in [1.807, 2.05) is 6.92 Å². The second-order valence-electron chi connectivity index (χ2n) is 1.56. The van der Waals surface area contributed by atoms with E-state index in [0.717, 1.165) is 12.8 Å². The van der Waals surface area contributed by atoms with Gasteiger partial charge in [-0.3, -0.25) is 0 Å². The maximum Gasteiger partial charge on any atom is 0.445 e. The van der Waals surface area contributed by atoms with E-state index < -0.39 is 6.09 Å². The van der Waals surface area contributed by atoms with Crippen LogP contribution < -0.4 is 0 Å². The van der Waals surface area contributed by atoms with E-state index in [0.29, 0.717) is 6.61 Å². The Balaban J connectivity index is 3.07. The molecular weight excluding hydrogens is 138 g/mol. The molecule has 0 aromatic heterocycles. The van der Waals surface area contributed by atoms with Gasteiger partial charge in [0.2, 0.25) is 0 Å². The maximum atomic E-state index is 10.2. The van der Waals surface area contributed by atoms with Crippen molar-refractivity contribution >= 4 is 18.5 Å². The molecular formula is C5H9NO2S. The van der Waals surface area contributed by atoms with Crippen molar-refractivity contribution in [2.24, 2.45) is 4.36 Å². The van der Waals surface area contributed by atoms with Gasteiger partial charge < -0.3 is 4.74 Å². The molecule has 0 atom stereocenters. The molecule has 0 radical (unpaired) electrons. The van der Waals surface area contributed by atoms with Gasteiger partial charge in [0.15, 0.2) is 0 Å². The van der Waals surface area contributed by atoms with Crippen LogP contribution in [0.4, 0.5) is 4.79 Å². The predicted molar refractivity (Wildman–Crippen MR) is 36.0 cm³/mol.